The zero-order valence-corrected chi connectivity index (χ0v) is 14.1. The highest BCUT2D eigenvalue weighted by Gasteiger charge is 2.07. The van der Waals surface area contributed by atoms with Gasteiger partial charge < -0.3 is 14.5 Å². The summed E-state index contributed by atoms with van der Waals surface area (Å²) < 4.78 is 10.6. The second-order valence-corrected chi connectivity index (χ2v) is 6.04. The predicted octanol–water partition coefficient (Wildman–Crippen LogP) is 3.09. The molecule has 5 heteroatoms. The van der Waals surface area contributed by atoms with Crippen molar-refractivity contribution >= 4 is 5.97 Å². The number of carbonyl (C=O) groups excluding carboxylic acids is 1. The molecule has 0 fully saturated rings. The second-order valence-electron chi connectivity index (χ2n) is 6.04. The second kappa shape index (κ2) is 8.91. The molecule has 0 atom stereocenters. The summed E-state index contributed by atoms with van der Waals surface area (Å²) in [5, 5.41) is 0. The summed E-state index contributed by atoms with van der Waals surface area (Å²) in [6.45, 7) is 4.74. The summed E-state index contributed by atoms with van der Waals surface area (Å²) in [6, 6.07) is 10.8. The average molecular weight is 329 g/mol. The van der Waals surface area contributed by atoms with Crippen molar-refractivity contribution < 1.29 is 14.3 Å². The lowest BCUT2D eigenvalue weighted by molar-refractivity contribution is -0.144. The molecule has 0 aliphatic carbocycles. The van der Waals surface area contributed by atoms with E-state index in [2.05, 4.69) is 18.8 Å². The smallest absolute Gasteiger partial charge is 0.310 e. The van der Waals surface area contributed by atoms with Gasteiger partial charge in [0.1, 0.15) is 6.61 Å². The Labute approximate surface area is 141 Å². The summed E-state index contributed by atoms with van der Waals surface area (Å²) in [6.07, 6.45) is 2.61. The lowest BCUT2D eigenvalue weighted by Gasteiger charge is -2.09. The highest BCUT2D eigenvalue weighted by molar-refractivity contribution is 5.72. The number of hydrogen-bond donors (Lipinski definition) is 1. The maximum atomic E-state index is 12.0. The Morgan fingerprint density at radius 2 is 1.96 bits per heavy atom. The number of rotatable bonds is 8. The summed E-state index contributed by atoms with van der Waals surface area (Å²) in [7, 11) is 0. The third-order valence-corrected chi connectivity index (χ3v) is 3.47. The molecule has 128 valence electrons. The average Bonchev–Trinajstić information content (AvgIpc) is 2.55. The molecule has 0 bridgehead atoms. The molecular formula is C19H23NO4. The number of esters is 1. The van der Waals surface area contributed by atoms with Gasteiger partial charge in [0, 0.05) is 12.3 Å². The van der Waals surface area contributed by atoms with Crippen LogP contribution in [0.1, 0.15) is 31.5 Å². The van der Waals surface area contributed by atoms with Gasteiger partial charge in [0.05, 0.1) is 18.7 Å². The first kappa shape index (κ1) is 17.8. The fourth-order valence-corrected chi connectivity index (χ4v) is 2.07. The quantitative estimate of drug-likeness (QED) is 0.756. The zero-order valence-electron chi connectivity index (χ0n) is 14.1. The van der Waals surface area contributed by atoms with Gasteiger partial charge in [0.25, 0.3) is 0 Å². The highest BCUT2D eigenvalue weighted by Crippen LogP contribution is 2.07. The van der Waals surface area contributed by atoms with Gasteiger partial charge in [-0.3, -0.25) is 9.59 Å². The van der Waals surface area contributed by atoms with Crippen LogP contribution in [0.15, 0.2) is 47.4 Å². The molecule has 0 amide bonds. The molecule has 0 saturated carbocycles. The molecule has 24 heavy (non-hydrogen) atoms. The van der Waals surface area contributed by atoms with Crippen LogP contribution < -0.4 is 10.2 Å². The van der Waals surface area contributed by atoms with Crippen LogP contribution in [-0.2, 0) is 22.6 Å². The molecule has 0 unspecified atom stereocenters. The normalized spacial score (nSPS) is 10.6. The SMILES string of the molecule is CC(C)CCOc1c[nH]c(COC(=O)Cc2ccccc2)cc1=O. The summed E-state index contributed by atoms with van der Waals surface area (Å²) >= 11 is 0. The van der Waals surface area contributed by atoms with Crippen molar-refractivity contribution in [3.8, 4) is 5.75 Å². The van der Waals surface area contributed by atoms with Crippen molar-refractivity contribution in [1.82, 2.24) is 4.98 Å². The molecule has 0 radical (unpaired) electrons. The van der Waals surface area contributed by atoms with Crippen LogP contribution in [0.3, 0.4) is 0 Å². The minimum atomic E-state index is -0.334. The number of benzene rings is 1. The van der Waals surface area contributed by atoms with E-state index < -0.39 is 0 Å². The van der Waals surface area contributed by atoms with E-state index in [9.17, 15) is 9.59 Å². The van der Waals surface area contributed by atoms with Gasteiger partial charge in [-0.05, 0) is 17.9 Å². The van der Waals surface area contributed by atoms with E-state index in [1.807, 2.05) is 30.3 Å². The Kier molecular flexibility index (Phi) is 6.61. The lowest BCUT2D eigenvalue weighted by Crippen LogP contribution is -2.13. The van der Waals surface area contributed by atoms with E-state index in [1.54, 1.807) is 0 Å². The van der Waals surface area contributed by atoms with E-state index in [0.29, 0.717) is 18.2 Å². The maximum absolute atomic E-state index is 12.0. The molecule has 0 aliphatic heterocycles. The van der Waals surface area contributed by atoms with Crippen molar-refractivity contribution in [2.24, 2.45) is 5.92 Å². The van der Waals surface area contributed by atoms with Gasteiger partial charge in [-0.25, -0.2) is 0 Å². The number of carbonyl (C=O) groups is 1. The predicted molar refractivity (Wildman–Crippen MR) is 92.0 cm³/mol. The number of H-pyrrole nitrogens is 1. The molecule has 1 heterocycles. The first-order valence-electron chi connectivity index (χ1n) is 8.08. The number of hydrogen-bond acceptors (Lipinski definition) is 4. The number of nitrogens with one attached hydrogen (secondary N) is 1. The van der Waals surface area contributed by atoms with E-state index in [4.69, 9.17) is 9.47 Å². The van der Waals surface area contributed by atoms with Crippen LogP contribution in [0.5, 0.6) is 5.75 Å². The number of ether oxygens (including phenoxy) is 2. The van der Waals surface area contributed by atoms with E-state index in [-0.39, 0.29) is 30.2 Å². The standard InChI is InChI=1S/C19H23NO4/c1-14(2)8-9-23-18-12-20-16(11-17(18)21)13-24-19(22)10-15-6-4-3-5-7-15/h3-7,11-12,14H,8-10,13H2,1-2H3,(H,20,21). The summed E-state index contributed by atoms with van der Waals surface area (Å²) in [4.78, 5) is 26.7. The topological polar surface area (TPSA) is 68.4 Å². The van der Waals surface area contributed by atoms with Gasteiger partial charge >= 0.3 is 5.97 Å². The van der Waals surface area contributed by atoms with Gasteiger partial charge in [0.2, 0.25) is 5.43 Å². The van der Waals surface area contributed by atoms with Crippen LogP contribution in [-0.4, -0.2) is 17.6 Å². The van der Waals surface area contributed by atoms with E-state index in [1.165, 1.54) is 12.3 Å². The Morgan fingerprint density at radius 1 is 1.21 bits per heavy atom. The Balaban J connectivity index is 1.83. The molecule has 1 aromatic carbocycles. The van der Waals surface area contributed by atoms with Crippen LogP contribution in [0, 0.1) is 5.92 Å². The van der Waals surface area contributed by atoms with E-state index >= 15 is 0 Å². The number of aromatic nitrogens is 1. The fourth-order valence-electron chi connectivity index (χ4n) is 2.07. The third kappa shape index (κ3) is 5.91. The van der Waals surface area contributed by atoms with E-state index in [0.717, 1.165) is 12.0 Å². The molecule has 2 rings (SSSR count). The number of aromatic amines is 1. The molecule has 1 aromatic heterocycles. The minimum Gasteiger partial charge on any atom is -0.488 e. The van der Waals surface area contributed by atoms with Crippen LogP contribution in [0.2, 0.25) is 0 Å². The maximum Gasteiger partial charge on any atom is 0.310 e. The van der Waals surface area contributed by atoms with Gasteiger partial charge in [-0.2, -0.15) is 0 Å². The molecular weight excluding hydrogens is 306 g/mol. The molecule has 5 nitrogen and oxygen atoms in total. The summed E-state index contributed by atoms with van der Waals surface area (Å²) in [5.74, 6) is 0.474. The molecule has 0 saturated heterocycles. The monoisotopic (exact) mass is 329 g/mol. The molecule has 0 aliphatic rings. The molecule has 1 N–H and O–H groups in total. The van der Waals surface area contributed by atoms with Gasteiger partial charge in [-0.15, -0.1) is 0 Å². The highest BCUT2D eigenvalue weighted by atomic mass is 16.5. The minimum absolute atomic E-state index is 0.0349. The third-order valence-electron chi connectivity index (χ3n) is 3.47. The first-order chi connectivity index (χ1) is 11.5. The van der Waals surface area contributed by atoms with Crippen molar-refractivity contribution in [3.05, 3.63) is 64.1 Å². The molecule has 0 spiro atoms. The van der Waals surface area contributed by atoms with Gasteiger partial charge in [-0.1, -0.05) is 44.2 Å². The zero-order chi connectivity index (χ0) is 17.4. The largest absolute Gasteiger partial charge is 0.488 e. The summed E-state index contributed by atoms with van der Waals surface area (Å²) in [5.41, 5.74) is 1.22. The molecule has 2 aromatic rings. The van der Waals surface area contributed by atoms with Crippen molar-refractivity contribution in [2.75, 3.05) is 6.61 Å². The van der Waals surface area contributed by atoms with Crippen LogP contribution in [0.4, 0.5) is 0 Å². The van der Waals surface area contributed by atoms with Crippen LogP contribution in [0.25, 0.3) is 0 Å². The van der Waals surface area contributed by atoms with Crippen molar-refractivity contribution in [1.29, 1.82) is 0 Å². The number of pyridine rings is 1. The Hall–Kier alpha value is -2.56. The lowest BCUT2D eigenvalue weighted by atomic mass is 10.1. The van der Waals surface area contributed by atoms with Crippen molar-refractivity contribution in [2.45, 2.75) is 33.3 Å². The fraction of sp³-hybridized carbons (Fsp3) is 0.368. The Morgan fingerprint density at radius 3 is 2.62 bits per heavy atom. The van der Waals surface area contributed by atoms with Crippen molar-refractivity contribution in [3.63, 3.8) is 0 Å². The Bertz CT molecular complexity index is 707. The first-order valence-corrected chi connectivity index (χ1v) is 8.08. The van der Waals surface area contributed by atoms with Gasteiger partial charge in [0.15, 0.2) is 5.75 Å². The van der Waals surface area contributed by atoms with Crippen LogP contribution >= 0.6 is 0 Å².